The van der Waals surface area contributed by atoms with E-state index in [-0.39, 0.29) is 12.5 Å². The third-order valence-electron chi connectivity index (χ3n) is 4.38. The van der Waals surface area contributed by atoms with Crippen LogP contribution in [0.2, 0.25) is 0 Å². The average molecular weight is 507 g/mol. The molecule has 0 bridgehead atoms. The van der Waals surface area contributed by atoms with Crippen LogP contribution in [-0.4, -0.2) is 25.3 Å². The molecule has 3 aromatic carbocycles. The van der Waals surface area contributed by atoms with Crippen LogP contribution in [0.3, 0.4) is 0 Å². The van der Waals surface area contributed by atoms with E-state index in [4.69, 9.17) is 20.6 Å². The molecular formula is C26H23BrN2O4. The van der Waals surface area contributed by atoms with E-state index in [9.17, 15) is 4.79 Å². The van der Waals surface area contributed by atoms with Gasteiger partial charge >= 0.3 is 0 Å². The Hall–Kier alpha value is -3.76. The van der Waals surface area contributed by atoms with Gasteiger partial charge in [0.1, 0.15) is 19.0 Å². The Morgan fingerprint density at radius 1 is 1.06 bits per heavy atom. The zero-order valence-electron chi connectivity index (χ0n) is 18.1. The van der Waals surface area contributed by atoms with Gasteiger partial charge in [-0.3, -0.25) is 4.79 Å². The van der Waals surface area contributed by atoms with Crippen LogP contribution in [-0.2, 0) is 6.61 Å². The zero-order valence-corrected chi connectivity index (χ0v) is 19.7. The Morgan fingerprint density at radius 2 is 1.82 bits per heavy atom. The van der Waals surface area contributed by atoms with Crippen LogP contribution in [0.5, 0.6) is 17.2 Å². The topological polar surface area (TPSA) is 69.2 Å². The summed E-state index contributed by atoms with van der Waals surface area (Å²) in [5, 5.41) is 4.08. The van der Waals surface area contributed by atoms with Gasteiger partial charge in [-0.1, -0.05) is 48.4 Å². The Morgan fingerprint density at radius 3 is 2.58 bits per heavy atom. The maximum absolute atomic E-state index is 12.7. The molecule has 6 nitrogen and oxygen atoms in total. The molecule has 0 radical (unpaired) electrons. The molecule has 0 aromatic heterocycles. The van der Waals surface area contributed by atoms with Gasteiger partial charge in [0.15, 0.2) is 11.5 Å². The smallest absolute Gasteiger partial charge is 0.275 e. The molecule has 3 aromatic rings. The Labute approximate surface area is 201 Å². The summed E-state index contributed by atoms with van der Waals surface area (Å²) in [6.45, 7) is 2.80. The molecule has 0 heterocycles. The first-order chi connectivity index (χ1) is 16.1. The van der Waals surface area contributed by atoms with Crippen LogP contribution in [0.1, 0.15) is 28.4 Å². The van der Waals surface area contributed by atoms with Crippen molar-refractivity contribution in [3.8, 4) is 29.6 Å². The van der Waals surface area contributed by atoms with Crippen LogP contribution >= 0.6 is 15.9 Å². The number of rotatable bonds is 10. The Kier molecular flexibility index (Phi) is 8.92. The van der Waals surface area contributed by atoms with E-state index in [1.807, 2.05) is 43.3 Å². The van der Waals surface area contributed by atoms with Gasteiger partial charge in [-0.25, -0.2) is 5.43 Å². The minimum atomic E-state index is -0.381. The Balaban J connectivity index is 1.69. The van der Waals surface area contributed by atoms with E-state index >= 15 is 0 Å². The van der Waals surface area contributed by atoms with Crippen molar-refractivity contribution < 1.29 is 19.0 Å². The van der Waals surface area contributed by atoms with Crippen molar-refractivity contribution >= 4 is 28.1 Å². The summed E-state index contributed by atoms with van der Waals surface area (Å²) >= 11 is 3.46. The maximum atomic E-state index is 12.7. The first kappa shape index (κ1) is 23.9. The molecule has 0 aliphatic heterocycles. The molecule has 33 heavy (non-hydrogen) atoms. The fourth-order valence-corrected chi connectivity index (χ4v) is 3.49. The van der Waals surface area contributed by atoms with E-state index < -0.39 is 0 Å². The van der Waals surface area contributed by atoms with E-state index in [0.717, 1.165) is 5.56 Å². The molecule has 0 saturated carbocycles. The monoisotopic (exact) mass is 506 g/mol. The van der Waals surface area contributed by atoms with Gasteiger partial charge in [0.05, 0.1) is 22.9 Å². The molecule has 0 unspecified atom stereocenters. The van der Waals surface area contributed by atoms with Gasteiger partial charge < -0.3 is 14.2 Å². The highest BCUT2D eigenvalue weighted by molar-refractivity contribution is 9.10. The summed E-state index contributed by atoms with van der Waals surface area (Å²) < 4.78 is 17.7. The molecule has 0 atom stereocenters. The number of nitrogens with zero attached hydrogens (tertiary/aromatic N) is 1. The number of hydrogen-bond donors (Lipinski definition) is 1. The first-order valence-electron chi connectivity index (χ1n) is 10.2. The number of ether oxygens (including phenoxy) is 3. The third-order valence-corrected chi connectivity index (χ3v) is 4.97. The number of benzene rings is 3. The average Bonchev–Trinajstić information content (AvgIpc) is 2.83. The van der Waals surface area contributed by atoms with Crippen molar-refractivity contribution in [2.24, 2.45) is 5.10 Å². The second-order valence-electron chi connectivity index (χ2n) is 6.73. The standard InChI is InChI=1S/C26H23BrN2O4/c1-3-14-32-25-22(27)15-20(16-24(25)31-4-2)17-28-29-26(30)21-12-8-9-13-23(21)33-18-19-10-6-5-7-11-19/h1,5-13,15-17H,4,14,18H2,2H3,(H,29,30)/b28-17+. The number of nitrogens with one attached hydrogen (secondary N) is 1. The summed E-state index contributed by atoms with van der Waals surface area (Å²) in [7, 11) is 0. The molecule has 7 heteroatoms. The lowest BCUT2D eigenvalue weighted by molar-refractivity contribution is 0.0950. The second-order valence-corrected chi connectivity index (χ2v) is 7.58. The van der Waals surface area contributed by atoms with Crippen molar-refractivity contribution in [2.75, 3.05) is 13.2 Å². The third kappa shape index (κ3) is 6.86. The number of halogens is 1. The molecule has 0 fully saturated rings. The van der Waals surface area contributed by atoms with Crippen LogP contribution in [0.25, 0.3) is 0 Å². The van der Waals surface area contributed by atoms with Gasteiger partial charge in [-0.2, -0.15) is 5.10 Å². The van der Waals surface area contributed by atoms with Gasteiger partial charge in [0.25, 0.3) is 5.91 Å². The summed E-state index contributed by atoms with van der Waals surface area (Å²) in [6, 6.07) is 20.3. The first-order valence-corrected chi connectivity index (χ1v) is 11.0. The zero-order chi connectivity index (χ0) is 23.5. The number of hydrogen-bond acceptors (Lipinski definition) is 5. The quantitative estimate of drug-likeness (QED) is 0.233. The number of carbonyl (C=O) groups excluding carboxylic acids is 1. The van der Waals surface area contributed by atoms with Crippen LogP contribution in [0.4, 0.5) is 0 Å². The number of para-hydroxylation sites is 1. The summed E-state index contributed by atoms with van der Waals surface area (Å²) in [4.78, 5) is 12.7. The van der Waals surface area contributed by atoms with Crippen molar-refractivity contribution in [2.45, 2.75) is 13.5 Å². The summed E-state index contributed by atoms with van der Waals surface area (Å²) in [5.41, 5.74) is 4.64. The minimum Gasteiger partial charge on any atom is -0.490 e. The highest BCUT2D eigenvalue weighted by Crippen LogP contribution is 2.36. The predicted octanol–water partition coefficient (Wildman–Crippen LogP) is 5.20. The fraction of sp³-hybridized carbons (Fsp3) is 0.154. The molecule has 0 aliphatic rings. The summed E-state index contributed by atoms with van der Waals surface area (Å²) in [5.74, 6) is 3.56. The predicted molar refractivity (Wildman–Crippen MR) is 132 cm³/mol. The van der Waals surface area contributed by atoms with Crippen molar-refractivity contribution in [3.05, 3.63) is 87.9 Å². The van der Waals surface area contributed by atoms with Crippen molar-refractivity contribution in [1.29, 1.82) is 0 Å². The SMILES string of the molecule is C#CCOc1c(Br)cc(/C=N/NC(=O)c2ccccc2OCc2ccccc2)cc1OCC. The molecule has 0 spiro atoms. The highest BCUT2D eigenvalue weighted by Gasteiger charge is 2.13. The van der Waals surface area contributed by atoms with E-state index in [1.54, 1.807) is 30.3 Å². The van der Waals surface area contributed by atoms with Gasteiger partial charge in [0.2, 0.25) is 0 Å². The van der Waals surface area contributed by atoms with Crippen molar-refractivity contribution in [3.63, 3.8) is 0 Å². The molecule has 3 rings (SSSR count). The number of terminal acetylenes is 1. The molecular weight excluding hydrogens is 484 g/mol. The maximum Gasteiger partial charge on any atom is 0.275 e. The number of amides is 1. The van der Waals surface area contributed by atoms with Crippen LogP contribution in [0.15, 0.2) is 76.3 Å². The van der Waals surface area contributed by atoms with Gasteiger partial charge in [0, 0.05) is 0 Å². The Bertz CT molecular complexity index is 1160. The van der Waals surface area contributed by atoms with E-state index in [0.29, 0.717) is 46.1 Å². The van der Waals surface area contributed by atoms with Crippen molar-refractivity contribution in [1.82, 2.24) is 5.43 Å². The normalized spacial score (nSPS) is 10.5. The largest absolute Gasteiger partial charge is 0.490 e. The molecule has 1 amide bonds. The molecule has 1 N–H and O–H groups in total. The molecule has 0 aliphatic carbocycles. The van der Waals surface area contributed by atoms with Crippen LogP contribution < -0.4 is 19.6 Å². The number of hydrazone groups is 1. The lowest BCUT2D eigenvalue weighted by Gasteiger charge is -2.13. The van der Waals surface area contributed by atoms with Gasteiger partial charge in [-0.05, 0) is 58.2 Å². The van der Waals surface area contributed by atoms with Gasteiger partial charge in [-0.15, -0.1) is 6.42 Å². The molecule has 168 valence electrons. The number of carbonyl (C=O) groups is 1. The molecule has 0 saturated heterocycles. The fourth-order valence-electron chi connectivity index (χ4n) is 2.92. The lowest BCUT2D eigenvalue weighted by atomic mass is 10.2. The van der Waals surface area contributed by atoms with E-state index in [2.05, 4.69) is 32.4 Å². The van der Waals surface area contributed by atoms with Crippen LogP contribution in [0, 0.1) is 12.3 Å². The second kappa shape index (κ2) is 12.3. The lowest BCUT2D eigenvalue weighted by Crippen LogP contribution is -2.18. The van der Waals surface area contributed by atoms with E-state index in [1.165, 1.54) is 6.21 Å². The minimum absolute atomic E-state index is 0.119. The summed E-state index contributed by atoms with van der Waals surface area (Å²) in [6.07, 6.45) is 6.80. The highest BCUT2D eigenvalue weighted by atomic mass is 79.9.